The van der Waals surface area contributed by atoms with E-state index in [1.165, 1.54) is 6.07 Å². The van der Waals surface area contributed by atoms with Crippen LogP contribution in [0, 0.1) is 0 Å². The zero-order valence-electron chi connectivity index (χ0n) is 14.6. The highest BCUT2D eigenvalue weighted by Crippen LogP contribution is 2.35. The number of nitrogens with one attached hydrogen (secondary N) is 1. The molecule has 1 heterocycles. The van der Waals surface area contributed by atoms with Gasteiger partial charge in [-0.05, 0) is 30.4 Å². The lowest BCUT2D eigenvalue weighted by molar-refractivity contribution is -0.138. The summed E-state index contributed by atoms with van der Waals surface area (Å²) in [5, 5.41) is 2.22. The zero-order chi connectivity index (χ0) is 18.6. The van der Waals surface area contributed by atoms with Gasteiger partial charge < -0.3 is 8.92 Å². The molecule has 0 spiro atoms. The molecule has 8 heteroatoms. The maximum atomic E-state index is 11.8. The van der Waals surface area contributed by atoms with Crippen LogP contribution in [0.5, 0.6) is 11.5 Å². The van der Waals surface area contributed by atoms with E-state index in [2.05, 4.69) is 5.32 Å². The quantitative estimate of drug-likeness (QED) is 0.584. The van der Waals surface area contributed by atoms with Crippen molar-refractivity contribution in [1.82, 2.24) is 5.32 Å². The summed E-state index contributed by atoms with van der Waals surface area (Å²) < 4.78 is 33.9. The number of carbonyl (C=O) groups excluding carboxylic acids is 2. The van der Waals surface area contributed by atoms with Gasteiger partial charge in [0.25, 0.3) is 5.91 Å². The summed E-state index contributed by atoms with van der Waals surface area (Å²) in [4.78, 5) is 23.0. The Morgan fingerprint density at radius 1 is 1.24 bits per heavy atom. The Balaban J connectivity index is 2.29. The molecule has 138 valence electrons. The van der Waals surface area contributed by atoms with Crippen LogP contribution in [0.3, 0.4) is 0 Å². The Hall–Kier alpha value is -2.09. The number of piperidine rings is 1. The molecule has 1 saturated heterocycles. The first-order chi connectivity index (χ1) is 11.7. The molecule has 1 aromatic carbocycles. The van der Waals surface area contributed by atoms with Crippen LogP contribution in [0.15, 0.2) is 18.2 Å². The second-order valence-corrected chi connectivity index (χ2v) is 7.63. The molecule has 2 amide bonds. The van der Waals surface area contributed by atoms with E-state index in [-0.39, 0.29) is 30.4 Å². The van der Waals surface area contributed by atoms with Gasteiger partial charge in [0.2, 0.25) is 5.91 Å². The number of imide groups is 1. The Kier molecular flexibility index (Phi) is 6.05. The van der Waals surface area contributed by atoms with Gasteiger partial charge in [0, 0.05) is 18.9 Å². The number of carbonyl (C=O) groups is 2. The highest BCUT2D eigenvalue weighted by molar-refractivity contribution is 7.86. The minimum Gasteiger partial charge on any atom is -0.480 e. The summed E-state index contributed by atoms with van der Waals surface area (Å²) in [5.74, 6) is -0.133. The largest absolute Gasteiger partial charge is 0.480 e. The van der Waals surface area contributed by atoms with Gasteiger partial charge in [-0.25, -0.2) is 0 Å². The van der Waals surface area contributed by atoms with Crippen LogP contribution < -0.4 is 14.2 Å². The molecule has 1 unspecified atom stereocenters. The second-order valence-electron chi connectivity index (χ2n) is 6.06. The summed E-state index contributed by atoms with van der Waals surface area (Å²) in [6, 6.07) is 4.93. The molecule has 1 N–H and O–H groups in total. The summed E-state index contributed by atoms with van der Waals surface area (Å²) in [5.41, 5.74) is 0.783. The molecule has 1 aromatic rings. The monoisotopic (exact) mass is 369 g/mol. The van der Waals surface area contributed by atoms with Crippen LogP contribution >= 0.6 is 0 Å². The minimum atomic E-state index is -3.70. The molecular formula is C17H23NO6S. The normalized spacial score (nSPS) is 18.2. The summed E-state index contributed by atoms with van der Waals surface area (Å²) in [6.07, 6.45) is 2.35. The van der Waals surface area contributed by atoms with Crippen molar-refractivity contribution in [2.24, 2.45) is 0 Å². The third-order valence-corrected chi connectivity index (χ3v) is 4.60. The number of hydrogen-bond donors (Lipinski definition) is 1. The summed E-state index contributed by atoms with van der Waals surface area (Å²) >= 11 is 0. The van der Waals surface area contributed by atoms with E-state index in [9.17, 15) is 18.0 Å². The first kappa shape index (κ1) is 19.2. The first-order valence-corrected chi connectivity index (χ1v) is 10.1. The van der Waals surface area contributed by atoms with E-state index in [1.807, 2.05) is 13.8 Å². The van der Waals surface area contributed by atoms with Crippen molar-refractivity contribution in [3.05, 3.63) is 23.8 Å². The smallest absolute Gasteiger partial charge is 0.306 e. The SMILES string of the molecule is CCC(CC)c1ccc(OC2CCC(=O)NC2=O)cc1OS(C)(=O)=O. The molecule has 1 aliphatic rings. The molecule has 2 rings (SSSR count). The fourth-order valence-corrected chi connectivity index (χ4v) is 3.31. The van der Waals surface area contributed by atoms with E-state index in [4.69, 9.17) is 8.92 Å². The molecule has 1 fully saturated rings. The number of hydrogen-bond acceptors (Lipinski definition) is 6. The Labute approximate surface area is 147 Å². The van der Waals surface area contributed by atoms with E-state index >= 15 is 0 Å². The fraction of sp³-hybridized carbons (Fsp3) is 0.529. The van der Waals surface area contributed by atoms with Crippen LogP contribution in [-0.2, 0) is 19.7 Å². The highest BCUT2D eigenvalue weighted by atomic mass is 32.2. The van der Waals surface area contributed by atoms with Gasteiger partial charge >= 0.3 is 10.1 Å². The van der Waals surface area contributed by atoms with Crippen molar-refractivity contribution < 1.29 is 26.9 Å². The summed E-state index contributed by atoms with van der Waals surface area (Å²) in [6.45, 7) is 4.04. The topological polar surface area (TPSA) is 98.8 Å². The molecular weight excluding hydrogens is 346 g/mol. The molecule has 0 aliphatic carbocycles. The predicted molar refractivity (Wildman–Crippen MR) is 92.0 cm³/mol. The minimum absolute atomic E-state index is 0.154. The Morgan fingerprint density at radius 3 is 2.48 bits per heavy atom. The first-order valence-electron chi connectivity index (χ1n) is 8.27. The Morgan fingerprint density at radius 2 is 1.92 bits per heavy atom. The van der Waals surface area contributed by atoms with Gasteiger partial charge in [-0.2, -0.15) is 8.42 Å². The average Bonchev–Trinajstić information content (AvgIpc) is 2.51. The number of amides is 2. The van der Waals surface area contributed by atoms with Crippen molar-refractivity contribution in [2.75, 3.05) is 6.26 Å². The van der Waals surface area contributed by atoms with Crippen LogP contribution in [-0.4, -0.2) is 32.6 Å². The lowest BCUT2D eigenvalue weighted by Gasteiger charge is -2.23. The predicted octanol–water partition coefficient (Wildman–Crippen LogP) is 2.11. The fourth-order valence-electron chi connectivity index (χ4n) is 2.84. The standard InChI is InChI=1S/C17H23NO6S/c1-4-11(5-2)13-7-6-12(10-15(13)24-25(3,21)22)23-14-8-9-16(19)18-17(14)20/h6-7,10-11,14H,4-5,8-9H2,1-3H3,(H,18,19,20). The van der Waals surface area contributed by atoms with Crippen LogP contribution in [0.4, 0.5) is 0 Å². The Bertz CT molecular complexity index is 754. The molecule has 1 aliphatic heterocycles. The third-order valence-electron chi connectivity index (χ3n) is 4.12. The van der Waals surface area contributed by atoms with E-state index in [0.717, 1.165) is 24.7 Å². The van der Waals surface area contributed by atoms with Crippen LogP contribution in [0.25, 0.3) is 0 Å². The van der Waals surface area contributed by atoms with E-state index < -0.39 is 22.1 Å². The van der Waals surface area contributed by atoms with Crippen molar-refractivity contribution >= 4 is 21.9 Å². The van der Waals surface area contributed by atoms with Crippen molar-refractivity contribution in [2.45, 2.75) is 51.6 Å². The maximum Gasteiger partial charge on any atom is 0.306 e. The van der Waals surface area contributed by atoms with Gasteiger partial charge in [-0.15, -0.1) is 0 Å². The highest BCUT2D eigenvalue weighted by Gasteiger charge is 2.28. The molecule has 0 bridgehead atoms. The lowest BCUT2D eigenvalue weighted by atomic mass is 9.93. The second kappa shape index (κ2) is 7.86. The average molecular weight is 369 g/mol. The van der Waals surface area contributed by atoms with Crippen molar-refractivity contribution in [1.29, 1.82) is 0 Å². The van der Waals surface area contributed by atoms with Gasteiger partial charge in [-0.1, -0.05) is 19.9 Å². The van der Waals surface area contributed by atoms with Gasteiger partial charge in [0.15, 0.2) is 6.10 Å². The van der Waals surface area contributed by atoms with Gasteiger partial charge in [-0.3, -0.25) is 14.9 Å². The maximum absolute atomic E-state index is 11.8. The number of ether oxygens (including phenoxy) is 1. The van der Waals surface area contributed by atoms with Crippen LogP contribution in [0.1, 0.15) is 51.0 Å². The molecule has 0 saturated carbocycles. The van der Waals surface area contributed by atoms with Gasteiger partial charge in [0.1, 0.15) is 11.5 Å². The number of benzene rings is 1. The molecule has 1 atom stereocenters. The van der Waals surface area contributed by atoms with Crippen molar-refractivity contribution in [3.8, 4) is 11.5 Å². The van der Waals surface area contributed by atoms with E-state index in [1.54, 1.807) is 12.1 Å². The molecule has 0 aromatic heterocycles. The van der Waals surface area contributed by atoms with Crippen LogP contribution in [0.2, 0.25) is 0 Å². The number of rotatable bonds is 7. The third kappa shape index (κ3) is 5.19. The lowest BCUT2D eigenvalue weighted by Crippen LogP contribution is -2.46. The molecule has 25 heavy (non-hydrogen) atoms. The van der Waals surface area contributed by atoms with Crippen molar-refractivity contribution in [3.63, 3.8) is 0 Å². The molecule has 7 nitrogen and oxygen atoms in total. The summed E-state index contributed by atoms with van der Waals surface area (Å²) in [7, 11) is -3.70. The van der Waals surface area contributed by atoms with E-state index in [0.29, 0.717) is 5.75 Å². The molecule has 0 radical (unpaired) electrons. The van der Waals surface area contributed by atoms with Gasteiger partial charge in [0.05, 0.1) is 6.26 Å². The zero-order valence-corrected chi connectivity index (χ0v) is 15.4.